The Labute approximate surface area is 137 Å². The van der Waals surface area contributed by atoms with Crippen molar-refractivity contribution in [2.75, 3.05) is 38.6 Å². The molecule has 1 fully saturated rings. The molecule has 0 aliphatic carbocycles. The van der Waals surface area contributed by atoms with Crippen LogP contribution in [0.4, 0.5) is 4.39 Å². The number of amides is 1. The molecule has 23 heavy (non-hydrogen) atoms. The third-order valence-electron chi connectivity index (χ3n) is 3.65. The van der Waals surface area contributed by atoms with Gasteiger partial charge < -0.3 is 14.9 Å². The number of nitrogens with zero attached hydrogens (tertiary/aromatic N) is 2. The van der Waals surface area contributed by atoms with Crippen LogP contribution in [0, 0.1) is 5.82 Å². The monoisotopic (exact) mass is 339 g/mol. The molecule has 0 atom stereocenters. The minimum Gasteiger partial charge on any atom is -0.430 e. The molecule has 3 rings (SSSR count). The van der Waals surface area contributed by atoms with Gasteiger partial charge in [0, 0.05) is 24.9 Å². The first-order chi connectivity index (χ1) is 11.1. The van der Waals surface area contributed by atoms with E-state index in [2.05, 4.69) is 9.88 Å². The Kier molecular flexibility index (Phi) is 5.14. The summed E-state index contributed by atoms with van der Waals surface area (Å²) in [7, 11) is 0. The van der Waals surface area contributed by atoms with Gasteiger partial charge in [-0.25, -0.2) is 9.37 Å². The molecule has 1 aliphatic rings. The van der Waals surface area contributed by atoms with E-state index >= 15 is 0 Å². The molecular formula is C15H18FN3O3S. The summed E-state index contributed by atoms with van der Waals surface area (Å²) in [6.45, 7) is 4.51. The molecule has 1 amide bonds. The van der Waals surface area contributed by atoms with Crippen molar-refractivity contribution in [3.63, 3.8) is 0 Å². The number of nitrogens with two attached hydrogens (primary N) is 1. The van der Waals surface area contributed by atoms with Crippen LogP contribution in [-0.4, -0.2) is 54.4 Å². The quantitative estimate of drug-likeness (QED) is 0.639. The largest absolute Gasteiger partial charge is 0.430 e. The van der Waals surface area contributed by atoms with Crippen molar-refractivity contribution in [3.8, 4) is 0 Å². The van der Waals surface area contributed by atoms with Crippen LogP contribution in [-0.2, 0) is 4.74 Å². The van der Waals surface area contributed by atoms with Gasteiger partial charge in [0.05, 0.1) is 18.8 Å². The predicted molar refractivity (Wildman–Crippen MR) is 85.1 cm³/mol. The number of thioether (sulfide) groups is 1. The predicted octanol–water partition coefficient (Wildman–Crippen LogP) is 1.88. The van der Waals surface area contributed by atoms with E-state index in [-0.39, 0.29) is 11.1 Å². The number of primary amides is 1. The number of hydrogen-bond donors (Lipinski definition) is 1. The topological polar surface area (TPSA) is 81.6 Å². The number of oxazole rings is 1. The lowest BCUT2D eigenvalue weighted by Gasteiger charge is -2.26. The average molecular weight is 339 g/mol. The van der Waals surface area contributed by atoms with Gasteiger partial charge >= 0.3 is 0 Å². The zero-order chi connectivity index (χ0) is 16.2. The number of rotatable bonds is 6. The second-order valence-electron chi connectivity index (χ2n) is 5.30. The molecule has 1 aromatic heterocycles. The SMILES string of the molecule is NC(=O)c1cc(F)cc2nc(SCCCN3CCOCC3)oc12. The molecular weight excluding hydrogens is 321 g/mol. The first kappa shape index (κ1) is 16.2. The summed E-state index contributed by atoms with van der Waals surface area (Å²) in [6.07, 6.45) is 0.987. The third kappa shape index (κ3) is 4.01. The van der Waals surface area contributed by atoms with Crippen molar-refractivity contribution in [1.29, 1.82) is 0 Å². The number of carbonyl (C=O) groups excluding carboxylic acids is 1. The van der Waals surface area contributed by atoms with Crippen molar-refractivity contribution in [1.82, 2.24) is 9.88 Å². The highest BCUT2D eigenvalue weighted by Crippen LogP contribution is 2.27. The molecule has 0 radical (unpaired) electrons. The lowest BCUT2D eigenvalue weighted by Crippen LogP contribution is -2.36. The highest BCUT2D eigenvalue weighted by atomic mass is 32.2. The lowest BCUT2D eigenvalue weighted by molar-refractivity contribution is 0.0381. The van der Waals surface area contributed by atoms with Gasteiger partial charge in [-0.15, -0.1) is 0 Å². The van der Waals surface area contributed by atoms with Gasteiger partial charge in [0.1, 0.15) is 11.3 Å². The standard InChI is InChI=1S/C15H18FN3O3S/c16-10-8-11(14(17)20)13-12(9-10)18-15(22-13)23-7-1-2-19-3-5-21-6-4-19/h8-9H,1-7H2,(H2,17,20). The first-order valence-corrected chi connectivity index (χ1v) is 8.45. The van der Waals surface area contributed by atoms with Crippen molar-refractivity contribution in [3.05, 3.63) is 23.5 Å². The van der Waals surface area contributed by atoms with E-state index < -0.39 is 11.7 Å². The summed E-state index contributed by atoms with van der Waals surface area (Å²) in [5.41, 5.74) is 5.83. The Morgan fingerprint density at radius 3 is 2.91 bits per heavy atom. The molecule has 0 bridgehead atoms. The van der Waals surface area contributed by atoms with Gasteiger partial charge in [-0.2, -0.15) is 0 Å². The van der Waals surface area contributed by atoms with E-state index in [4.69, 9.17) is 14.9 Å². The molecule has 1 saturated heterocycles. The van der Waals surface area contributed by atoms with E-state index in [0.29, 0.717) is 10.7 Å². The highest BCUT2D eigenvalue weighted by Gasteiger charge is 2.16. The fraction of sp³-hybridized carbons (Fsp3) is 0.467. The van der Waals surface area contributed by atoms with Crippen LogP contribution in [0.2, 0.25) is 0 Å². The van der Waals surface area contributed by atoms with Gasteiger partial charge in [-0.1, -0.05) is 11.8 Å². The van der Waals surface area contributed by atoms with E-state index in [1.165, 1.54) is 17.8 Å². The first-order valence-electron chi connectivity index (χ1n) is 7.46. The summed E-state index contributed by atoms with van der Waals surface area (Å²) in [5, 5.41) is 0.426. The summed E-state index contributed by atoms with van der Waals surface area (Å²) >= 11 is 1.45. The Hall–Kier alpha value is -1.64. The summed E-state index contributed by atoms with van der Waals surface area (Å²) < 4.78 is 24.3. The normalized spacial score (nSPS) is 16.0. The smallest absolute Gasteiger partial charge is 0.256 e. The van der Waals surface area contributed by atoms with Gasteiger partial charge in [0.25, 0.3) is 11.1 Å². The lowest BCUT2D eigenvalue weighted by atomic mass is 10.2. The summed E-state index contributed by atoms with van der Waals surface area (Å²) in [6, 6.07) is 2.31. The third-order valence-corrected chi connectivity index (χ3v) is 4.56. The second-order valence-corrected chi connectivity index (χ2v) is 6.35. The van der Waals surface area contributed by atoms with Gasteiger partial charge in [-0.05, 0) is 19.0 Å². The molecule has 0 unspecified atom stereocenters. The number of ether oxygens (including phenoxy) is 1. The Balaban J connectivity index is 1.60. The molecule has 2 aromatic rings. The Morgan fingerprint density at radius 2 is 2.17 bits per heavy atom. The summed E-state index contributed by atoms with van der Waals surface area (Å²) in [5.74, 6) is -0.448. The van der Waals surface area contributed by atoms with E-state index in [1.807, 2.05) is 0 Å². The molecule has 0 saturated carbocycles. The molecule has 124 valence electrons. The van der Waals surface area contributed by atoms with Crippen LogP contribution in [0.5, 0.6) is 0 Å². The Morgan fingerprint density at radius 1 is 1.39 bits per heavy atom. The maximum absolute atomic E-state index is 13.5. The van der Waals surface area contributed by atoms with Crippen LogP contribution in [0.1, 0.15) is 16.8 Å². The zero-order valence-electron chi connectivity index (χ0n) is 12.6. The molecule has 2 heterocycles. The molecule has 2 N–H and O–H groups in total. The number of halogens is 1. The van der Waals surface area contributed by atoms with E-state index in [0.717, 1.165) is 51.1 Å². The number of hydrogen-bond acceptors (Lipinski definition) is 6. The molecule has 1 aromatic carbocycles. The molecule has 0 spiro atoms. The molecule has 1 aliphatic heterocycles. The zero-order valence-corrected chi connectivity index (χ0v) is 13.4. The minimum atomic E-state index is -0.727. The van der Waals surface area contributed by atoms with Gasteiger partial charge in [-0.3, -0.25) is 9.69 Å². The number of carbonyl (C=O) groups is 1. The Bertz CT molecular complexity index is 701. The van der Waals surface area contributed by atoms with Crippen molar-refractivity contribution < 1.29 is 18.3 Å². The molecule has 8 heteroatoms. The van der Waals surface area contributed by atoms with Crippen molar-refractivity contribution in [2.45, 2.75) is 11.6 Å². The van der Waals surface area contributed by atoms with Gasteiger partial charge in [0.2, 0.25) is 0 Å². The van der Waals surface area contributed by atoms with Crippen LogP contribution in [0.25, 0.3) is 11.1 Å². The minimum absolute atomic E-state index is 0.0210. The second kappa shape index (κ2) is 7.29. The number of benzene rings is 1. The van der Waals surface area contributed by atoms with E-state index in [9.17, 15) is 9.18 Å². The summed E-state index contributed by atoms with van der Waals surface area (Å²) in [4.78, 5) is 17.9. The fourth-order valence-electron chi connectivity index (χ4n) is 2.50. The number of morpholine rings is 1. The van der Waals surface area contributed by atoms with Crippen LogP contribution < -0.4 is 5.73 Å². The maximum Gasteiger partial charge on any atom is 0.256 e. The van der Waals surface area contributed by atoms with Crippen LogP contribution >= 0.6 is 11.8 Å². The number of fused-ring (bicyclic) bond motifs is 1. The van der Waals surface area contributed by atoms with Crippen LogP contribution in [0.3, 0.4) is 0 Å². The highest BCUT2D eigenvalue weighted by molar-refractivity contribution is 7.99. The average Bonchev–Trinajstić information content (AvgIpc) is 2.94. The number of aromatic nitrogens is 1. The maximum atomic E-state index is 13.5. The molecule has 6 nitrogen and oxygen atoms in total. The van der Waals surface area contributed by atoms with Crippen LogP contribution in [0.15, 0.2) is 21.8 Å². The fourth-order valence-corrected chi connectivity index (χ4v) is 3.25. The van der Waals surface area contributed by atoms with Crippen molar-refractivity contribution >= 4 is 28.8 Å². The van der Waals surface area contributed by atoms with E-state index in [1.54, 1.807) is 0 Å². The van der Waals surface area contributed by atoms with Crippen molar-refractivity contribution in [2.24, 2.45) is 5.73 Å². The van der Waals surface area contributed by atoms with Gasteiger partial charge in [0.15, 0.2) is 5.58 Å².